The van der Waals surface area contributed by atoms with Crippen molar-refractivity contribution in [1.82, 2.24) is 0 Å². The molecule has 2 amide bonds. The number of anilines is 1. The van der Waals surface area contributed by atoms with E-state index < -0.39 is 58.8 Å². The number of carbonyl (C=O) groups is 5. The van der Waals surface area contributed by atoms with Crippen LogP contribution < -0.4 is 4.90 Å². The summed E-state index contributed by atoms with van der Waals surface area (Å²) in [5, 5.41) is 30.5. The molecule has 4 aliphatic rings. The average Bonchev–Trinajstić information content (AvgIpc) is 3.17. The number of aromatic hydroxyl groups is 2. The summed E-state index contributed by atoms with van der Waals surface area (Å²) in [7, 11) is 0. The number of ketones is 2. The van der Waals surface area contributed by atoms with Crippen LogP contribution in [0.15, 0.2) is 69.8 Å². The highest BCUT2D eigenvalue weighted by Crippen LogP contribution is 2.56. The Morgan fingerprint density at radius 3 is 2.42 bits per heavy atom. The van der Waals surface area contributed by atoms with Crippen molar-refractivity contribution < 1.29 is 39.3 Å². The molecule has 0 radical (unpaired) electrons. The van der Waals surface area contributed by atoms with Gasteiger partial charge in [0.2, 0.25) is 11.8 Å². The van der Waals surface area contributed by atoms with E-state index in [0.717, 1.165) is 17.0 Å². The minimum atomic E-state index is -1.36. The fraction of sp³-hybridized carbons (Fsp3) is 0.207. The number of carbonyl (C=O) groups excluding carboxylic acids is 4. The molecule has 1 heterocycles. The maximum absolute atomic E-state index is 13.9. The van der Waals surface area contributed by atoms with Crippen LogP contribution in [0.4, 0.5) is 5.69 Å². The summed E-state index contributed by atoms with van der Waals surface area (Å²) in [6.45, 7) is 0. The maximum atomic E-state index is 13.9. The van der Waals surface area contributed by atoms with E-state index in [9.17, 15) is 39.3 Å². The lowest BCUT2D eigenvalue weighted by molar-refractivity contribution is -0.123. The molecule has 2 aromatic rings. The van der Waals surface area contributed by atoms with E-state index in [1.54, 1.807) is 6.08 Å². The van der Waals surface area contributed by atoms with Crippen molar-refractivity contribution in [2.24, 2.45) is 17.8 Å². The number of Topliss-reactive ketones (excluding diaryl/α,β-unsaturated/α-hetero) is 1. The minimum absolute atomic E-state index is 0.0304. The second-order valence-corrected chi connectivity index (χ2v) is 11.4. The zero-order valence-electron chi connectivity index (χ0n) is 20.4. The average molecular weight is 625 g/mol. The van der Waals surface area contributed by atoms with Gasteiger partial charge in [0.1, 0.15) is 17.1 Å². The van der Waals surface area contributed by atoms with Crippen LogP contribution >= 0.6 is 27.5 Å². The van der Waals surface area contributed by atoms with E-state index in [0.29, 0.717) is 16.2 Å². The van der Waals surface area contributed by atoms with E-state index in [2.05, 4.69) is 15.9 Å². The maximum Gasteiger partial charge on any atom is 0.339 e. The van der Waals surface area contributed by atoms with Crippen molar-refractivity contribution in [3.05, 3.63) is 85.9 Å². The van der Waals surface area contributed by atoms with Crippen molar-refractivity contribution in [1.29, 1.82) is 0 Å². The number of carboxylic acid groups (broad SMARTS) is 1. The number of imide groups is 1. The van der Waals surface area contributed by atoms with Gasteiger partial charge in [-0.2, -0.15) is 0 Å². The summed E-state index contributed by atoms with van der Waals surface area (Å²) in [5.41, 5.74) is 1.01. The number of nitrogens with zero attached hydrogens (tertiary/aromatic N) is 1. The molecule has 1 saturated heterocycles. The number of aromatic carboxylic acids is 1. The first kappa shape index (κ1) is 26.2. The molecule has 40 heavy (non-hydrogen) atoms. The SMILES string of the molecule is O=C1C=C(Br)C(=O)C2=C1[C@@H](c1cc(Cl)ccc1O)C1=CC[C@@H]3C(=O)N(c4ccc(C(=O)O)c(O)c4)C(=O)[C@@H]3[C@@H]1C2. The molecule has 0 spiro atoms. The third kappa shape index (κ3) is 3.77. The number of amides is 2. The Hall–Kier alpha value is -4.02. The highest BCUT2D eigenvalue weighted by molar-refractivity contribution is 9.12. The molecule has 6 rings (SSSR count). The summed E-state index contributed by atoms with van der Waals surface area (Å²) in [5.74, 6) is -7.15. The third-order valence-corrected chi connectivity index (χ3v) is 8.93. The van der Waals surface area contributed by atoms with E-state index in [-0.39, 0.29) is 45.5 Å². The van der Waals surface area contributed by atoms with Gasteiger partial charge in [0.25, 0.3) is 0 Å². The lowest BCUT2D eigenvalue weighted by Gasteiger charge is -2.42. The number of hydrogen-bond acceptors (Lipinski definition) is 7. The van der Waals surface area contributed by atoms with Crippen LogP contribution in [0.2, 0.25) is 5.02 Å². The number of benzene rings is 2. The molecule has 1 fully saturated rings. The van der Waals surface area contributed by atoms with Crippen LogP contribution in [-0.2, 0) is 19.2 Å². The van der Waals surface area contributed by atoms with Crippen LogP contribution in [0.25, 0.3) is 0 Å². The highest BCUT2D eigenvalue weighted by atomic mass is 79.9. The van der Waals surface area contributed by atoms with Crippen LogP contribution in [0.3, 0.4) is 0 Å². The van der Waals surface area contributed by atoms with Crippen molar-refractivity contribution in [2.75, 3.05) is 4.90 Å². The molecule has 1 aliphatic heterocycles. The number of carboxylic acids is 1. The van der Waals surface area contributed by atoms with E-state index in [1.807, 2.05) is 0 Å². The van der Waals surface area contributed by atoms with Gasteiger partial charge in [-0.15, -0.1) is 0 Å². The van der Waals surface area contributed by atoms with Gasteiger partial charge in [0.05, 0.1) is 22.0 Å². The van der Waals surface area contributed by atoms with Gasteiger partial charge < -0.3 is 15.3 Å². The molecule has 3 aliphatic carbocycles. The Balaban J connectivity index is 1.48. The minimum Gasteiger partial charge on any atom is -0.508 e. The smallest absolute Gasteiger partial charge is 0.339 e. The van der Waals surface area contributed by atoms with Gasteiger partial charge in [-0.3, -0.25) is 19.2 Å². The number of halogens is 2. The van der Waals surface area contributed by atoms with Crippen LogP contribution in [0.1, 0.15) is 34.7 Å². The molecule has 9 nitrogen and oxygen atoms in total. The monoisotopic (exact) mass is 623 g/mol. The summed E-state index contributed by atoms with van der Waals surface area (Å²) in [6, 6.07) is 7.87. The summed E-state index contributed by atoms with van der Waals surface area (Å²) in [4.78, 5) is 66.2. The van der Waals surface area contributed by atoms with Crippen molar-refractivity contribution in [3.63, 3.8) is 0 Å². The summed E-state index contributed by atoms with van der Waals surface area (Å²) < 4.78 is 0.0783. The molecular formula is C29H19BrClNO8. The number of hydrogen-bond donors (Lipinski definition) is 3. The Morgan fingerprint density at radius 1 is 0.975 bits per heavy atom. The Bertz CT molecular complexity index is 1690. The third-order valence-electron chi connectivity index (χ3n) is 8.10. The Morgan fingerprint density at radius 2 is 1.73 bits per heavy atom. The van der Waals surface area contributed by atoms with Crippen LogP contribution in [-0.4, -0.2) is 44.7 Å². The number of phenols is 2. The number of fused-ring (bicyclic) bond motifs is 3. The molecule has 4 atom stereocenters. The summed E-state index contributed by atoms with van der Waals surface area (Å²) in [6.07, 6.45) is 3.19. The first-order chi connectivity index (χ1) is 19.0. The van der Waals surface area contributed by atoms with Crippen molar-refractivity contribution in [2.45, 2.75) is 18.8 Å². The van der Waals surface area contributed by atoms with Crippen LogP contribution in [0.5, 0.6) is 11.5 Å². The van der Waals surface area contributed by atoms with Gasteiger partial charge in [0, 0.05) is 39.8 Å². The van der Waals surface area contributed by atoms with E-state index in [4.69, 9.17) is 11.6 Å². The van der Waals surface area contributed by atoms with Crippen LogP contribution in [0, 0.1) is 17.8 Å². The first-order valence-corrected chi connectivity index (χ1v) is 13.5. The van der Waals surface area contributed by atoms with Gasteiger partial charge in [0.15, 0.2) is 11.6 Å². The molecule has 0 saturated carbocycles. The van der Waals surface area contributed by atoms with Gasteiger partial charge in [-0.1, -0.05) is 23.3 Å². The van der Waals surface area contributed by atoms with Crippen molar-refractivity contribution in [3.8, 4) is 11.5 Å². The topological polar surface area (TPSA) is 149 Å². The molecular weight excluding hydrogens is 606 g/mol. The molecule has 202 valence electrons. The number of phenolic OH excluding ortho intramolecular Hbond substituents is 1. The lowest BCUT2D eigenvalue weighted by atomic mass is 9.59. The molecule has 0 bridgehead atoms. The van der Waals surface area contributed by atoms with Gasteiger partial charge in [-0.05, 0) is 65.0 Å². The second-order valence-electron chi connectivity index (χ2n) is 10.1. The molecule has 0 aromatic heterocycles. The number of rotatable bonds is 3. The Labute approximate surface area is 240 Å². The highest BCUT2D eigenvalue weighted by Gasteiger charge is 2.57. The molecule has 0 unspecified atom stereocenters. The molecule has 3 N–H and O–H groups in total. The van der Waals surface area contributed by atoms with E-state index >= 15 is 0 Å². The second kappa shape index (κ2) is 9.28. The predicted molar refractivity (Wildman–Crippen MR) is 145 cm³/mol. The Kier molecular flexibility index (Phi) is 6.08. The van der Waals surface area contributed by atoms with E-state index in [1.165, 1.54) is 30.3 Å². The predicted octanol–water partition coefficient (Wildman–Crippen LogP) is 4.42. The van der Waals surface area contributed by atoms with Gasteiger partial charge >= 0.3 is 5.97 Å². The lowest BCUT2D eigenvalue weighted by Crippen LogP contribution is -2.39. The van der Waals surface area contributed by atoms with Gasteiger partial charge in [-0.25, -0.2) is 9.69 Å². The largest absolute Gasteiger partial charge is 0.508 e. The normalized spacial score (nSPS) is 25.8. The number of allylic oxidation sites excluding steroid dienone is 6. The standard InChI is InChI=1S/C29H19BrClNO8/c30-19-10-22(35)25-18(26(19)36)9-16-13(23(25)17-7-11(31)1-6-20(17)33)4-5-15-24(16)28(38)32(27(15)37)12-2-3-14(29(39)40)21(34)8-12/h1-4,6-8,10,15-16,23-24,33-34H,5,9H2,(H,39,40)/t15-,16+,23+,24-/m0/s1. The zero-order chi connectivity index (χ0) is 28.6. The quantitative estimate of drug-likeness (QED) is 0.258. The zero-order valence-corrected chi connectivity index (χ0v) is 22.8. The summed E-state index contributed by atoms with van der Waals surface area (Å²) >= 11 is 9.42. The molecule has 11 heteroatoms. The first-order valence-electron chi connectivity index (χ1n) is 12.3. The fourth-order valence-electron chi connectivity index (χ4n) is 6.41. The molecule has 2 aromatic carbocycles. The fourth-order valence-corrected chi connectivity index (χ4v) is 7.04. The van der Waals surface area contributed by atoms with Crippen molar-refractivity contribution >= 4 is 62.6 Å².